The summed E-state index contributed by atoms with van der Waals surface area (Å²) in [5.41, 5.74) is 5.81. The Morgan fingerprint density at radius 3 is 2.27 bits per heavy atom. The molecule has 5 nitrogen and oxygen atoms in total. The van der Waals surface area contributed by atoms with E-state index in [1.807, 2.05) is 70.6 Å². The molecule has 0 radical (unpaired) electrons. The summed E-state index contributed by atoms with van der Waals surface area (Å²) in [5.74, 6) is 3.94. The minimum Gasteiger partial charge on any atom is -0.497 e. The minimum atomic E-state index is -0.162. The highest BCUT2D eigenvalue weighted by atomic mass is 32.2. The lowest BCUT2D eigenvalue weighted by Gasteiger charge is -2.32. The van der Waals surface area contributed by atoms with Crippen LogP contribution >= 0.6 is 34.9 Å². The molecule has 1 atom stereocenters. The molecule has 0 spiro atoms. The maximum atomic E-state index is 13.9. The van der Waals surface area contributed by atoms with Gasteiger partial charge in [-0.3, -0.25) is 9.36 Å². The molecular formula is C29H28N2O3S3. The number of methoxy groups -OCH3 is 2. The number of benzene rings is 2. The van der Waals surface area contributed by atoms with Gasteiger partial charge in [0, 0.05) is 4.24 Å². The van der Waals surface area contributed by atoms with E-state index in [-0.39, 0.29) is 11.6 Å². The SMILES string of the molecule is COc1ccc(C=c2sc3n(c2=O)C(c2ccc(OC)cc2)C2=C(N=3)C(=C3SCCCS3)CCC2)cc1. The van der Waals surface area contributed by atoms with Gasteiger partial charge in [0.25, 0.3) is 5.56 Å². The van der Waals surface area contributed by atoms with Gasteiger partial charge in [0.15, 0.2) is 4.80 Å². The maximum Gasteiger partial charge on any atom is 0.271 e. The van der Waals surface area contributed by atoms with Crippen LogP contribution in [0.3, 0.4) is 0 Å². The molecule has 0 saturated carbocycles. The first-order chi connectivity index (χ1) is 18.2. The number of hydrogen-bond donors (Lipinski definition) is 0. The van der Waals surface area contributed by atoms with E-state index in [1.165, 1.54) is 44.6 Å². The van der Waals surface area contributed by atoms with Gasteiger partial charge in [-0.05, 0) is 89.8 Å². The van der Waals surface area contributed by atoms with Crippen molar-refractivity contribution in [3.63, 3.8) is 0 Å². The Bertz CT molecular complexity index is 1560. The van der Waals surface area contributed by atoms with Crippen LogP contribution in [0.15, 0.2) is 79.4 Å². The average molecular weight is 549 g/mol. The fourth-order valence-corrected chi connectivity index (χ4v) is 8.84. The third kappa shape index (κ3) is 4.71. The van der Waals surface area contributed by atoms with Crippen molar-refractivity contribution in [3.05, 3.63) is 100 Å². The Hall–Kier alpha value is -2.68. The highest BCUT2D eigenvalue weighted by Crippen LogP contribution is 2.47. The maximum absolute atomic E-state index is 13.9. The normalized spacial score (nSPS) is 19.8. The number of hydrogen-bond acceptors (Lipinski definition) is 7. The first-order valence-corrected chi connectivity index (χ1v) is 15.3. The van der Waals surface area contributed by atoms with Crippen LogP contribution in [-0.4, -0.2) is 30.3 Å². The molecule has 0 N–H and O–H groups in total. The summed E-state index contributed by atoms with van der Waals surface area (Å²) in [6.45, 7) is 0. The highest BCUT2D eigenvalue weighted by Gasteiger charge is 2.33. The number of ether oxygens (including phenoxy) is 2. The summed E-state index contributed by atoms with van der Waals surface area (Å²) in [6.07, 6.45) is 6.29. The van der Waals surface area contributed by atoms with E-state index in [9.17, 15) is 4.79 Å². The number of allylic oxidation sites excluding steroid dienone is 2. The van der Waals surface area contributed by atoms with E-state index in [0.29, 0.717) is 4.53 Å². The van der Waals surface area contributed by atoms with E-state index >= 15 is 0 Å². The molecule has 37 heavy (non-hydrogen) atoms. The second kappa shape index (κ2) is 10.6. The van der Waals surface area contributed by atoms with Crippen LogP contribution < -0.4 is 24.4 Å². The van der Waals surface area contributed by atoms with Gasteiger partial charge in [-0.1, -0.05) is 35.6 Å². The summed E-state index contributed by atoms with van der Waals surface area (Å²) in [7, 11) is 3.33. The van der Waals surface area contributed by atoms with Gasteiger partial charge in [-0.2, -0.15) is 0 Å². The molecule has 0 amide bonds. The third-order valence-corrected chi connectivity index (χ3v) is 10.6. The molecule has 3 heterocycles. The zero-order chi connectivity index (χ0) is 25.4. The zero-order valence-electron chi connectivity index (χ0n) is 20.9. The molecule has 1 unspecified atom stereocenters. The third-order valence-electron chi connectivity index (χ3n) is 6.94. The molecule has 3 aliphatic rings. The largest absolute Gasteiger partial charge is 0.497 e. The smallest absolute Gasteiger partial charge is 0.271 e. The van der Waals surface area contributed by atoms with Crippen molar-refractivity contribution in [2.24, 2.45) is 4.99 Å². The van der Waals surface area contributed by atoms with Crippen LogP contribution in [0.1, 0.15) is 42.9 Å². The molecule has 1 saturated heterocycles. The zero-order valence-corrected chi connectivity index (χ0v) is 23.3. The quantitative estimate of drug-likeness (QED) is 0.431. The lowest BCUT2D eigenvalue weighted by Crippen LogP contribution is -2.39. The predicted octanol–water partition coefficient (Wildman–Crippen LogP) is 5.50. The number of aromatic nitrogens is 1. The van der Waals surface area contributed by atoms with Gasteiger partial charge in [0.2, 0.25) is 0 Å². The summed E-state index contributed by atoms with van der Waals surface area (Å²) in [5, 5.41) is 0. The first kappa shape index (κ1) is 24.6. The Balaban J connectivity index is 1.55. The lowest BCUT2D eigenvalue weighted by molar-refractivity contribution is 0.414. The molecular weight excluding hydrogens is 521 g/mol. The topological polar surface area (TPSA) is 52.8 Å². The van der Waals surface area contributed by atoms with E-state index in [4.69, 9.17) is 14.5 Å². The number of nitrogens with zero attached hydrogens (tertiary/aromatic N) is 2. The van der Waals surface area contributed by atoms with Gasteiger partial charge < -0.3 is 9.47 Å². The molecule has 1 aliphatic carbocycles. The van der Waals surface area contributed by atoms with Crippen molar-refractivity contribution in [2.75, 3.05) is 25.7 Å². The van der Waals surface area contributed by atoms with Crippen molar-refractivity contribution in [1.29, 1.82) is 0 Å². The van der Waals surface area contributed by atoms with Crippen molar-refractivity contribution in [3.8, 4) is 11.5 Å². The van der Waals surface area contributed by atoms with Gasteiger partial charge in [-0.25, -0.2) is 4.99 Å². The molecule has 3 aromatic rings. The van der Waals surface area contributed by atoms with Crippen molar-refractivity contribution >= 4 is 40.9 Å². The molecule has 8 heteroatoms. The Kier molecular flexibility index (Phi) is 7.06. The predicted molar refractivity (Wildman–Crippen MR) is 154 cm³/mol. The average Bonchev–Trinajstić information content (AvgIpc) is 3.26. The van der Waals surface area contributed by atoms with E-state index in [1.54, 1.807) is 14.2 Å². The second-order valence-corrected chi connectivity index (χ2v) is 12.7. The van der Waals surface area contributed by atoms with Gasteiger partial charge in [0.05, 0.1) is 30.5 Å². The fraction of sp³-hybridized carbons (Fsp3) is 0.310. The summed E-state index contributed by atoms with van der Waals surface area (Å²) in [6, 6.07) is 15.8. The molecule has 0 bridgehead atoms. The standard InChI is InChI=1S/C29H28N2O3S3/c1-33-20-11-7-18(8-12-20)17-24-27(32)31-26(19-9-13-21(34-2)14-10-19)22-5-3-6-23(25(22)30-29(31)37-24)28-35-15-4-16-36-28/h7-14,17,26H,3-6,15-16H2,1-2H3. The van der Waals surface area contributed by atoms with Crippen LogP contribution in [0.25, 0.3) is 6.08 Å². The lowest BCUT2D eigenvalue weighted by atomic mass is 9.85. The number of thiazole rings is 1. The molecule has 1 fully saturated rings. The van der Waals surface area contributed by atoms with Gasteiger partial charge >= 0.3 is 0 Å². The van der Waals surface area contributed by atoms with Gasteiger partial charge in [0.1, 0.15) is 11.5 Å². The van der Waals surface area contributed by atoms with Crippen molar-refractivity contribution in [1.82, 2.24) is 4.57 Å². The summed E-state index contributed by atoms with van der Waals surface area (Å²) in [4.78, 5) is 19.9. The van der Waals surface area contributed by atoms with E-state index < -0.39 is 0 Å². The monoisotopic (exact) mass is 548 g/mol. The van der Waals surface area contributed by atoms with Gasteiger partial charge in [-0.15, -0.1) is 23.5 Å². The van der Waals surface area contributed by atoms with Crippen molar-refractivity contribution < 1.29 is 9.47 Å². The van der Waals surface area contributed by atoms with E-state index in [0.717, 1.165) is 52.4 Å². The van der Waals surface area contributed by atoms with Crippen molar-refractivity contribution in [2.45, 2.75) is 31.7 Å². The second-order valence-electron chi connectivity index (χ2n) is 9.17. The molecule has 2 aliphatic heterocycles. The number of rotatable bonds is 4. The fourth-order valence-electron chi connectivity index (χ4n) is 5.13. The van der Waals surface area contributed by atoms with Crippen LogP contribution in [0.4, 0.5) is 0 Å². The molecule has 2 aromatic carbocycles. The Morgan fingerprint density at radius 2 is 1.59 bits per heavy atom. The first-order valence-electron chi connectivity index (χ1n) is 12.5. The highest BCUT2D eigenvalue weighted by molar-refractivity contribution is 8.22. The summed E-state index contributed by atoms with van der Waals surface area (Å²) < 4.78 is 14.7. The number of fused-ring (bicyclic) bond motifs is 1. The summed E-state index contributed by atoms with van der Waals surface area (Å²) >= 11 is 5.42. The molecule has 1 aromatic heterocycles. The molecule has 6 rings (SSSR count). The Labute approximate surface area is 228 Å². The van der Waals surface area contributed by atoms with Crippen LogP contribution in [0.5, 0.6) is 11.5 Å². The van der Waals surface area contributed by atoms with Crippen LogP contribution in [0.2, 0.25) is 0 Å². The minimum absolute atomic E-state index is 0.00753. The number of thioether (sulfide) groups is 2. The Morgan fingerprint density at radius 1 is 0.919 bits per heavy atom. The van der Waals surface area contributed by atoms with E-state index in [2.05, 4.69) is 12.1 Å². The van der Waals surface area contributed by atoms with Crippen LogP contribution in [-0.2, 0) is 0 Å². The van der Waals surface area contributed by atoms with Crippen LogP contribution in [0, 0.1) is 0 Å². The molecule has 190 valence electrons.